The molecular weight excluding hydrogens is 328 g/mol. The monoisotopic (exact) mass is 346 g/mol. The second-order valence-corrected chi connectivity index (χ2v) is 6.52. The third-order valence-corrected chi connectivity index (χ3v) is 4.56. The smallest absolute Gasteiger partial charge is 0.233 e. The molecule has 0 unspecified atom stereocenters. The van der Waals surface area contributed by atoms with Crippen molar-refractivity contribution in [1.82, 2.24) is 4.57 Å². The van der Waals surface area contributed by atoms with E-state index in [0.29, 0.717) is 12.5 Å². The lowest BCUT2D eigenvalue weighted by Gasteiger charge is -2.10. The van der Waals surface area contributed by atoms with Crippen molar-refractivity contribution in [1.29, 1.82) is 0 Å². The topological polar surface area (TPSA) is 26.5 Å². The summed E-state index contributed by atoms with van der Waals surface area (Å²) < 4.78 is 9.10. The van der Waals surface area contributed by atoms with Gasteiger partial charge in [0.15, 0.2) is 0 Å². The molecule has 0 bridgehead atoms. The van der Waals surface area contributed by atoms with E-state index in [9.17, 15) is 0 Å². The molecule has 0 aliphatic carbocycles. The van der Waals surface area contributed by atoms with Crippen LogP contribution in [0.5, 0.6) is 0 Å². The van der Waals surface area contributed by atoms with Gasteiger partial charge >= 0.3 is 0 Å². The van der Waals surface area contributed by atoms with Crippen molar-refractivity contribution in [3.05, 3.63) is 58.3 Å². The second-order valence-electron chi connectivity index (χ2n) is 5.67. The van der Waals surface area contributed by atoms with E-state index in [1.165, 1.54) is 5.56 Å². The lowest BCUT2D eigenvalue weighted by atomic mass is 10.1. The van der Waals surface area contributed by atoms with Gasteiger partial charge in [-0.25, -0.2) is 4.99 Å². The van der Waals surface area contributed by atoms with E-state index in [1.807, 2.05) is 12.1 Å². The van der Waals surface area contributed by atoms with Crippen LogP contribution in [0, 0.1) is 5.92 Å². The van der Waals surface area contributed by atoms with E-state index < -0.39 is 0 Å². The molecule has 1 aromatic carbocycles. The molecule has 4 heteroatoms. The van der Waals surface area contributed by atoms with Crippen molar-refractivity contribution in [3.8, 4) is 0 Å². The van der Waals surface area contributed by atoms with Gasteiger partial charge in [0.1, 0.15) is 12.3 Å². The summed E-state index contributed by atoms with van der Waals surface area (Å²) in [5.74, 6) is 1.28. The molecule has 1 aliphatic rings. The van der Waals surface area contributed by atoms with Crippen molar-refractivity contribution < 1.29 is 4.74 Å². The van der Waals surface area contributed by atoms with Crippen LogP contribution in [-0.4, -0.2) is 23.1 Å². The first-order valence-electron chi connectivity index (χ1n) is 7.24. The van der Waals surface area contributed by atoms with Gasteiger partial charge in [0, 0.05) is 17.2 Å². The molecule has 0 saturated carbocycles. The number of rotatable bonds is 4. The van der Waals surface area contributed by atoms with E-state index >= 15 is 0 Å². The van der Waals surface area contributed by atoms with Crippen LogP contribution >= 0.6 is 15.9 Å². The summed E-state index contributed by atoms with van der Waals surface area (Å²) in [5.41, 5.74) is 2.29. The molecule has 1 aromatic heterocycles. The summed E-state index contributed by atoms with van der Waals surface area (Å²) in [6.07, 6.45) is 2.07. The number of hydrogen-bond donors (Lipinski definition) is 0. The van der Waals surface area contributed by atoms with Crippen LogP contribution < -0.4 is 0 Å². The van der Waals surface area contributed by atoms with Crippen LogP contribution in [0.15, 0.2) is 52.1 Å². The van der Waals surface area contributed by atoms with E-state index in [4.69, 9.17) is 9.73 Å². The molecule has 1 aliphatic heterocycles. The Morgan fingerprint density at radius 1 is 1.29 bits per heavy atom. The molecular formula is C17H19BrN2O. The van der Waals surface area contributed by atoms with Gasteiger partial charge in [-0.15, -0.1) is 0 Å². The molecule has 0 saturated heterocycles. The SMILES string of the molecule is CC(C)[C@@H]1COC(c2cccn2Cc2ccccc2Br)=N1. The molecule has 110 valence electrons. The predicted octanol–water partition coefficient (Wildman–Crippen LogP) is 4.10. The fourth-order valence-electron chi connectivity index (χ4n) is 2.43. The lowest BCUT2D eigenvalue weighted by Crippen LogP contribution is -2.13. The van der Waals surface area contributed by atoms with Crippen LogP contribution in [0.4, 0.5) is 0 Å². The number of halogens is 1. The summed E-state index contributed by atoms with van der Waals surface area (Å²) in [7, 11) is 0. The summed E-state index contributed by atoms with van der Waals surface area (Å²) >= 11 is 3.60. The Balaban J connectivity index is 1.85. The number of benzene rings is 1. The maximum Gasteiger partial charge on any atom is 0.233 e. The molecule has 21 heavy (non-hydrogen) atoms. The van der Waals surface area contributed by atoms with Gasteiger partial charge in [-0.2, -0.15) is 0 Å². The third kappa shape index (κ3) is 3.05. The molecule has 1 atom stereocenters. The van der Waals surface area contributed by atoms with E-state index in [0.717, 1.165) is 22.6 Å². The minimum atomic E-state index is 0.270. The Morgan fingerprint density at radius 3 is 2.81 bits per heavy atom. The van der Waals surface area contributed by atoms with Crippen molar-refractivity contribution in [3.63, 3.8) is 0 Å². The molecule has 2 heterocycles. The number of aromatic nitrogens is 1. The largest absolute Gasteiger partial charge is 0.474 e. The van der Waals surface area contributed by atoms with Gasteiger partial charge in [-0.1, -0.05) is 48.0 Å². The van der Waals surface area contributed by atoms with Crippen LogP contribution in [0.1, 0.15) is 25.1 Å². The summed E-state index contributed by atoms with van der Waals surface area (Å²) in [6.45, 7) is 5.85. The first-order valence-corrected chi connectivity index (χ1v) is 8.04. The minimum Gasteiger partial charge on any atom is -0.474 e. The highest BCUT2D eigenvalue weighted by atomic mass is 79.9. The van der Waals surface area contributed by atoms with Crippen LogP contribution in [0.2, 0.25) is 0 Å². The van der Waals surface area contributed by atoms with Gasteiger partial charge < -0.3 is 9.30 Å². The quantitative estimate of drug-likeness (QED) is 0.818. The highest BCUT2D eigenvalue weighted by Gasteiger charge is 2.24. The first-order chi connectivity index (χ1) is 10.1. The fourth-order valence-corrected chi connectivity index (χ4v) is 2.84. The van der Waals surface area contributed by atoms with Crippen molar-refractivity contribution in [2.45, 2.75) is 26.4 Å². The minimum absolute atomic E-state index is 0.270. The number of nitrogens with zero attached hydrogens (tertiary/aromatic N) is 2. The molecule has 0 radical (unpaired) electrons. The van der Waals surface area contributed by atoms with Crippen LogP contribution in [-0.2, 0) is 11.3 Å². The standard InChI is InChI=1S/C17H19BrN2O/c1-12(2)15-11-21-17(19-15)16-8-5-9-20(16)10-13-6-3-4-7-14(13)18/h3-9,12,15H,10-11H2,1-2H3/t15-/m0/s1. The zero-order chi connectivity index (χ0) is 14.8. The van der Waals surface area contributed by atoms with Gasteiger partial charge in [0.25, 0.3) is 0 Å². The molecule has 0 spiro atoms. The van der Waals surface area contributed by atoms with Gasteiger partial charge in [0.05, 0.1) is 6.04 Å². The van der Waals surface area contributed by atoms with E-state index in [2.05, 4.69) is 64.8 Å². The molecule has 0 fully saturated rings. The number of aliphatic imine (C=N–C) groups is 1. The van der Waals surface area contributed by atoms with E-state index in [-0.39, 0.29) is 6.04 Å². The van der Waals surface area contributed by atoms with Crippen molar-refractivity contribution in [2.75, 3.05) is 6.61 Å². The molecule has 0 amide bonds. The normalized spacial score (nSPS) is 17.9. The highest BCUT2D eigenvalue weighted by Crippen LogP contribution is 2.21. The Morgan fingerprint density at radius 2 is 2.10 bits per heavy atom. The Bertz CT molecular complexity index is 660. The first kappa shape index (κ1) is 14.4. The van der Waals surface area contributed by atoms with Gasteiger partial charge in [0.2, 0.25) is 5.90 Å². The van der Waals surface area contributed by atoms with Crippen LogP contribution in [0.25, 0.3) is 0 Å². The zero-order valence-electron chi connectivity index (χ0n) is 12.3. The van der Waals surface area contributed by atoms with Crippen molar-refractivity contribution >= 4 is 21.8 Å². The maximum absolute atomic E-state index is 5.80. The fraction of sp³-hybridized carbons (Fsp3) is 0.353. The van der Waals surface area contributed by atoms with Gasteiger partial charge in [-0.3, -0.25) is 0 Å². The van der Waals surface area contributed by atoms with Gasteiger partial charge in [-0.05, 0) is 29.7 Å². The molecule has 3 rings (SSSR count). The number of hydrogen-bond acceptors (Lipinski definition) is 2. The molecule has 2 aromatic rings. The lowest BCUT2D eigenvalue weighted by molar-refractivity contribution is 0.290. The second kappa shape index (κ2) is 6.06. The molecule has 3 nitrogen and oxygen atoms in total. The third-order valence-electron chi connectivity index (χ3n) is 3.79. The Labute approximate surface area is 133 Å². The Kier molecular flexibility index (Phi) is 4.15. The zero-order valence-corrected chi connectivity index (χ0v) is 13.9. The summed E-state index contributed by atoms with van der Waals surface area (Å²) in [6, 6.07) is 12.7. The van der Waals surface area contributed by atoms with E-state index in [1.54, 1.807) is 0 Å². The van der Waals surface area contributed by atoms with Crippen molar-refractivity contribution in [2.24, 2.45) is 10.9 Å². The van der Waals surface area contributed by atoms with Crippen LogP contribution in [0.3, 0.4) is 0 Å². The predicted molar refractivity (Wildman–Crippen MR) is 88.8 cm³/mol. The highest BCUT2D eigenvalue weighted by molar-refractivity contribution is 9.10. The Hall–Kier alpha value is -1.55. The summed E-state index contributed by atoms with van der Waals surface area (Å²) in [4.78, 5) is 4.72. The average Bonchev–Trinajstić information content (AvgIpc) is 3.09. The number of ether oxygens (including phenoxy) is 1. The average molecular weight is 347 g/mol. The molecule has 0 N–H and O–H groups in total. The maximum atomic E-state index is 5.80. The summed E-state index contributed by atoms with van der Waals surface area (Å²) in [5, 5.41) is 0.